The molecule has 0 aliphatic carbocycles. The first-order valence-corrected chi connectivity index (χ1v) is 7.16. The van der Waals surface area contributed by atoms with E-state index in [0.717, 1.165) is 25.7 Å². The summed E-state index contributed by atoms with van der Waals surface area (Å²) in [6, 6.07) is 0. The Morgan fingerprint density at radius 1 is 1.11 bits per heavy atom. The fraction of sp³-hybridized carbons (Fsp3) is 0.846. The number of unbranched alkanes of at least 4 members (excludes halogenated alkanes) is 3. The first-order valence-electron chi connectivity index (χ1n) is 6.63. The number of alkyl halides is 1. The minimum atomic E-state index is -0.373. The summed E-state index contributed by atoms with van der Waals surface area (Å²) in [6.45, 7) is 6.79. The fourth-order valence-corrected chi connectivity index (χ4v) is 1.46. The zero-order chi connectivity index (χ0) is 14.7. The van der Waals surface area contributed by atoms with Gasteiger partial charge in [0.05, 0.1) is 6.61 Å². The molecule has 112 valence electrons. The summed E-state index contributed by atoms with van der Waals surface area (Å²) in [5.74, 6) is -0.125. The minimum Gasteiger partial charge on any atom is -0.450 e. The topological polar surface area (TPSA) is 67.4 Å². The molecule has 0 unspecified atom stereocenters. The minimum absolute atomic E-state index is 0.0106. The molecule has 0 radical (unpaired) electrons. The van der Waals surface area contributed by atoms with Crippen LogP contribution in [0, 0.1) is 0 Å². The first-order chi connectivity index (χ1) is 8.85. The molecule has 0 spiro atoms. The van der Waals surface area contributed by atoms with E-state index in [1.54, 1.807) is 0 Å². The SMILES string of the molecule is CC(C)(C)NC(=O)OCCCCCCNC(=O)CCl. The molecule has 2 amide bonds. The predicted octanol–water partition coefficient (Wildman–Crippen LogP) is 2.43. The van der Waals surface area contributed by atoms with E-state index in [4.69, 9.17) is 16.3 Å². The summed E-state index contributed by atoms with van der Waals surface area (Å²) in [5.41, 5.74) is -0.266. The number of ether oxygens (including phenoxy) is 1. The molecular weight excluding hydrogens is 268 g/mol. The number of hydrogen-bond acceptors (Lipinski definition) is 3. The van der Waals surface area contributed by atoms with Gasteiger partial charge in [-0.05, 0) is 40.0 Å². The molecule has 0 saturated heterocycles. The summed E-state index contributed by atoms with van der Waals surface area (Å²) in [6.07, 6.45) is 3.34. The van der Waals surface area contributed by atoms with Gasteiger partial charge in [-0.15, -0.1) is 11.6 Å². The Morgan fingerprint density at radius 3 is 2.32 bits per heavy atom. The van der Waals surface area contributed by atoms with Crippen molar-refractivity contribution in [3.05, 3.63) is 0 Å². The van der Waals surface area contributed by atoms with Crippen LogP contribution < -0.4 is 10.6 Å². The molecule has 2 N–H and O–H groups in total. The maximum absolute atomic E-state index is 11.3. The largest absolute Gasteiger partial charge is 0.450 e. The smallest absolute Gasteiger partial charge is 0.407 e. The molecule has 0 atom stereocenters. The Balaban J connectivity index is 3.32. The number of halogens is 1. The zero-order valence-corrected chi connectivity index (χ0v) is 12.8. The number of nitrogens with one attached hydrogen (secondary N) is 2. The number of carbonyl (C=O) groups is 2. The highest BCUT2D eigenvalue weighted by molar-refractivity contribution is 6.27. The predicted molar refractivity (Wildman–Crippen MR) is 76.4 cm³/mol. The van der Waals surface area contributed by atoms with Crippen molar-refractivity contribution >= 4 is 23.6 Å². The number of amides is 2. The number of rotatable bonds is 8. The Labute approximate surface area is 120 Å². The Bertz CT molecular complexity index is 278. The van der Waals surface area contributed by atoms with Crippen LogP contribution in [0.2, 0.25) is 0 Å². The van der Waals surface area contributed by atoms with Crippen molar-refractivity contribution in [1.29, 1.82) is 0 Å². The van der Waals surface area contributed by atoms with Crippen molar-refractivity contribution in [3.63, 3.8) is 0 Å². The van der Waals surface area contributed by atoms with Crippen molar-refractivity contribution in [3.8, 4) is 0 Å². The second-order valence-corrected chi connectivity index (χ2v) is 5.68. The summed E-state index contributed by atoms with van der Waals surface area (Å²) in [4.78, 5) is 22.1. The van der Waals surface area contributed by atoms with Gasteiger partial charge in [-0.3, -0.25) is 4.79 Å². The zero-order valence-electron chi connectivity index (χ0n) is 12.1. The molecule has 0 heterocycles. The van der Waals surface area contributed by atoms with Gasteiger partial charge in [-0.25, -0.2) is 4.79 Å². The van der Waals surface area contributed by atoms with E-state index >= 15 is 0 Å². The van der Waals surface area contributed by atoms with E-state index in [2.05, 4.69) is 10.6 Å². The van der Waals surface area contributed by atoms with Gasteiger partial charge in [-0.2, -0.15) is 0 Å². The standard InChI is InChI=1S/C13H25ClN2O3/c1-13(2,3)16-12(18)19-9-7-5-4-6-8-15-11(17)10-14/h4-10H2,1-3H3,(H,15,17)(H,16,18). The lowest BCUT2D eigenvalue weighted by Gasteiger charge is -2.19. The van der Waals surface area contributed by atoms with Crippen LogP contribution >= 0.6 is 11.6 Å². The van der Waals surface area contributed by atoms with E-state index in [1.165, 1.54) is 0 Å². The number of alkyl carbamates (subject to hydrolysis) is 1. The summed E-state index contributed by atoms with van der Waals surface area (Å²) in [7, 11) is 0. The van der Waals surface area contributed by atoms with Crippen LogP contribution in [0.3, 0.4) is 0 Å². The molecule has 0 aromatic carbocycles. The van der Waals surface area contributed by atoms with Gasteiger partial charge in [0, 0.05) is 12.1 Å². The monoisotopic (exact) mass is 292 g/mol. The van der Waals surface area contributed by atoms with E-state index in [1.807, 2.05) is 20.8 Å². The Morgan fingerprint density at radius 2 is 1.74 bits per heavy atom. The number of carbonyl (C=O) groups excluding carboxylic acids is 2. The molecule has 19 heavy (non-hydrogen) atoms. The molecule has 0 aromatic heterocycles. The Hall–Kier alpha value is -0.970. The molecule has 0 aliphatic heterocycles. The van der Waals surface area contributed by atoms with Crippen LogP contribution in [0.25, 0.3) is 0 Å². The van der Waals surface area contributed by atoms with Crippen LogP contribution in [0.1, 0.15) is 46.5 Å². The lowest BCUT2D eigenvalue weighted by atomic mass is 10.1. The molecule has 0 aromatic rings. The van der Waals surface area contributed by atoms with Gasteiger partial charge in [0.25, 0.3) is 0 Å². The highest BCUT2D eigenvalue weighted by Gasteiger charge is 2.13. The van der Waals surface area contributed by atoms with Crippen LogP contribution in [-0.4, -0.2) is 36.6 Å². The van der Waals surface area contributed by atoms with Gasteiger partial charge in [0.15, 0.2) is 0 Å². The van der Waals surface area contributed by atoms with Crippen LogP contribution in [0.4, 0.5) is 4.79 Å². The maximum Gasteiger partial charge on any atom is 0.407 e. The molecule has 5 nitrogen and oxygen atoms in total. The lowest BCUT2D eigenvalue weighted by molar-refractivity contribution is -0.118. The average Bonchev–Trinajstić information content (AvgIpc) is 2.29. The lowest BCUT2D eigenvalue weighted by Crippen LogP contribution is -2.41. The van der Waals surface area contributed by atoms with E-state index in [-0.39, 0.29) is 23.4 Å². The van der Waals surface area contributed by atoms with Crippen molar-refractivity contribution in [2.45, 2.75) is 52.0 Å². The van der Waals surface area contributed by atoms with Crippen molar-refractivity contribution in [1.82, 2.24) is 10.6 Å². The van der Waals surface area contributed by atoms with Crippen molar-refractivity contribution in [2.75, 3.05) is 19.0 Å². The summed E-state index contributed by atoms with van der Waals surface area (Å²) in [5, 5.41) is 5.43. The average molecular weight is 293 g/mol. The van der Waals surface area contributed by atoms with Crippen molar-refractivity contribution in [2.24, 2.45) is 0 Å². The quantitative estimate of drug-likeness (QED) is 0.533. The second kappa shape index (κ2) is 9.89. The fourth-order valence-electron chi connectivity index (χ4n) is 1.36. The normalized spacial score (nSPS) is 10.9. The van der Waals surface area contributed by atoms with Crippen LogP contribution in [0.5, 0.6) is 0 Å². The maximum atomic E-state index is 11.3. The molecule has 0 rings (SSSR count). The third kappa shape index (κ3) is 13.3. The van der Waals surface area contributed by atoms with Gasteiger partial charge in [0.1, 0.15) is 5.88 Å². The van der Waals surface area contributed by atoms with E-state index < -0.39 is 0 Å². The molecule has 0 bridgehead atoms. The van der Waals surface area contributed by atoms with Gasteiger partial charge in [-0.1, -0.05) is 6.42 Å². The number of hydrogen-bond donors (Lipinski definition) is 2. The first kappa shape index (κ1) is 18.0. The molecule has 0 aliphatic rings. The van der Waals surface area contributed by atoms with Crippen molar-refractivity contribution < 1.29 is 14.3 Å². The summed E-state index contributed by atoms with van der Waals surface area (Å²) >= 11 is 5.34. The Kier molecular flexibility index (Phi) is 9.39. The third-order valence-electron chi connectivity index (χ3n) is 2.22. The van der Waals surface area contributed by atoms with Gasteiger partial charge >= 0.3 is 6.09 Å². The molecule has 0 fully saturated rings. The third-order valence-corrected chi connectivity index (χ3v) is 2.47. The van der Waals surface area contributed by atoms with Crippen LogP contribution in [0.15, 0.2) is 0 Å². The van der Waals surface area contributed by atoms with Gasteiger partial charge < -0.3 is 15.4 Å². The molecule has 0 saturated carbocycles. The van der Waals surface area contributed by atoms with Gasteiger partial charge in [0.2, 0.25) is 5.91 Å². The van der Waals surface area contributed by atoms with E-state index in [9.17, 15) is 9.59 Å². The second-order valence-electron chi connectivity index (χ2n) is 5.41. The highest BCUT2D eigenvalue weighted by atomic mass is 35.5. The van der Waals surface area contributed by atoms with E-state index in [0.29, 0.717) is 13.2 Å². The molecule has 6 heteroatoms. The highest BCUT2D eigenvalue weighted by Crippen LogP contribution is 2.02. The molecular formula is C13H25ClN2O3. The van der Waals surface area contributed by atoms with Crippen LogP contribution in [-0.2, 0) is 9.53 Å². The summed E-state index contributed by atoms with van der Waals surface area (Å²) < 4.78 is 5.04.